The average Bonchev–Trinajstić information content (AvgIpc) is 2.71. The first-order valence-corrected chi connectivity index (χ1v) is 6.33. The Labute approximate surface area is 111 Å². The summed E-state index contributed by atoms with van der Waals surface area (Å²) < 4.78 is 5.16. The molecule has 0 radical (unpaired) electrons. The second kappa shape index (κ2) is 4.73. The summed E-state index contributed by atoms with van der Waals surface area (Å²) >= 11 is 5.44. The number of aliphatic hydroxyl groups excluding tert-OH is 1. The van der Waals surface area contributed by atoms with Crippen LogP contribution in [0.2, 0.25) is 0 Å². The highest BCUT2D eigenvalue weighted by atomic mass is 35.5. The fourth-order valence-corrected chi connectivity index (χ4v) is 2.69. The van der Waals surface area contributed by atoms with Crippen LogP contribution < -0.4 is 0 Å². The van der Waals surface area contributed by atoms with E-state index in [4.69, 9.17) is 21.4 Å². The zero-order valence-corrected chi connectivity index (χ0v) is 10.5. The number of hydrogen-bond donors (Lipinski definition) is 1. The molecule has 0 bridgehead atoms. The number of halogens is 1. The van der Waals surface area contributed by atoms with Crippen molar-refractivity contribution < 1.29 is 9.84 Å². The maximum Gasteiger partial charge on any atom is 0.234 e. The van der Waals surface area contributed by atoms with Gasteiger partial charge in [0, 0.05) is 5.92 Å². The summed E-state index contributed by atoms with van der Waals surface area (Å²) in [6, 6.07) is 16.6. The lowest BCUT2D eigenvalue weighted by molar-refractivity contribution is -0.0407. The molecule has 0 amide bonds. The topological polar surface area (TPSA) is 29.5 Å². The zero-order valence-electron chi connectivity index (χ0n) is 9.71. The second-order valence-electron chi connectivity index (χ2n) is 4.35. The van der Waals surface area contributed by atoms with E-state index in [0.29, 0.717) is 6.61 Å². The van der Waals surface area contributed by atoms with Gasteiger partial charge < -0.3 is 9.84 Å². The minimum absolute atomic E-state index is 0.144. The zero-order chi connectivity index (χ0) is 12.5. The third-order valence-electron chi connectivity index (χ3n) is 3.36. The number of ether oxygens (including phenoxy) is 1. The van der Waals surface area contributed by atoms with E-state index in [9.17, 15) is 0 Å². The number of alkyl halides is 1. The molecule has 0 heterocycles. The molecule has 3 rings (SSSR count). The van der Waals surface area contributed by atoms with E-state index in [-0.39, 0.29) is 5.92 Å². The molecule has 0 aliphatic heterocycles. The molecule has 0 saturated heterocycles. The fraction of sp³-hybridized carbons (Fsp3) is 0.200. The minimum atomic E-state index is -1.25. The first-order chi connectivity index (χ1) is 8.77. The summed E-state index contributed by atoms with van der Waals surface area (Å²) in [5, 5.41) is 9.05. The Morgan fingerprint density at radius 2 is 1.50 bits per heavy atom. The van der Waals surface area contributed by atoms with Crippen LogP contribution in [0.5, 0.6) is 0 Å². The molecule has 0 aromatic heterocycles. The molecule has 2 nitrogen and oxygen atoms in total. The van der Waals surface area contributed by atoms with Gasteiger partial charge in [-0.1, -0.05) is 60.1 Å². The quantitative estimate of drug-likeness (QED) is 0.678. The first kappa shape index (κ1) is 11.7. The van der Waals surface area contributed by atoms with Crippen LogP contribution in [-0.4, -0.2) is 17.5 Å². The lowest BCUT2D eigenvalue weighted by Crippen LogP contribution is -2.11. The van der Waals surface area contributed by atoms with Crippen LogP contribution in [0.1, 0.15) is 17.0 Å². The Hall–Kier alpha value is -1.35. The van der Waals surface area contributed by atoms with Gasteiger partial charge in [0.05, 0.1) is 6.61 Å². The predicted octanol–water partition coefficient (Wildman–Crippen LogP) is 3.33. The van der Waals surface area contributed by atoms with Crippen LogP contribution in [0.25, 0.3) is 11.1 Å². The van der Waals surface area contributed by atoms with Crippen molar-refractivity contribution in [1.29, 1.82) is 0 Å². The fourth-order valence-electron chi connectivity index (χ4n) is 2.62. The van der Waals surface area contributed by atoms with Gasteiger partial charge in [0.1, 0.15) is 0 Å². The lowest BCUT2D eigenvalue weighted by Gasteiger charge is -2.14. The molecule has 0 fully saturated rings. The van der Waals surface area contributed by atoms with Gasteiger partial charge in [-0.3, -0.25) is 0 Å². The number of benzene rings is 2. The van der Waals surface area contributed by atoms with E-state index in [1.54, 1.807) is 0 Å². The Morgan fingerprint density at radius 3 is 2.00 bits per heavy atom. The monoisotopic (exact) mass is 260 g/mol. The van der Waals surface area contributed by atoms with Crippen LogP contribution in [-0.2, 0) is 4.74 Å². The molecule has 1 N–H and O–H groups in total. The number of aliphatic hydroxyl groups is 1. The molecule has 1 aliphatic carbocycles. The van der Waals surface area contributed by atoms with Gasteiger partial charge >= 0.3 is 0 Å². The standard InChI is InChI=1S/C15H13ClO2/c16-15(17)18-9-14-12-7-3-1-5-10(12)11-6-2-4-8-13(11)14/h1-8,14-15,17H,9H2. The van der Waals surface area contributed by atoms with E-state index in [1.807, 2.05) is 24.3 Å². The summed E-state index contributed by atoms with van der Waals surface area (Å²) in [6.45, 7) is 0.388. The van der Waals surface area contributed by atoms with Gasteiger partial charge in [0.25, 0.3) is 0 Å². The van der Waals surface area contributed by atoms with E-state index >= 15 is 0 Å². The van der Waals surface area contributed by atoms with Crippen molar-refractivity contribution >= 4 is 11.6 Å². The summed E-state index contributed by atoms with van der Waals surface area (Å²) in [6.07, 6.45) is 0. The van der Waals surface area contributed by atoms with Crippen molar-refractivity contribution in [2.45, 2.75) is 11.7 Å². The third kappa shape index (κ3) is 1.93. The molecular weight excluding hydrogens is 248 g/mol. The lowest BCUT2D eigenvalue weighted by atomic mass is 9.98. The van der Waals surface area contributed by atoms with E-state index in [0.717, 1.165) is 0 Å². The molecule has 2 aromatic carbocycles. The Bertz CT molecular complexity index is 520. The minimum Gasteiger partial charge on any atom is -0.356 e. The highest BCUT2D eigenvalue weighted by Crippen LogP contribution is 2.44. The van der Waals surface area contributed by atoms with Crippen molar-refractivity contribution in [3.05, 3.63) is 59.7 Å². The maximum absolute atomic E-state index is 9.05. The van der Waals surface area contributed by atoms with Crippen molar-refractivity contribution in [3.8, 4) is 11.1 Å². The smallest absolute Gasteiger partial charge is 0.234 e. The summed E-state index contributed by atoms with van der Waals surface area (Å²) in [7, 11) is 0. The Morgan fingerprint density at radius 1 is 1.00 bits per heavy atom. The highest BCUT2D eigenvalue weighted by Gasteiger charge is 2.28. The molecule has 3 heteroatoms. The normalized spacial score (nSPS) is 15.2. The molecule has 2 aromatic rings. The summed E-state index contributed by atoms with van der Waals surface area (Å²) in [5.74, 6) is -1.10. The van der Waals surface area contributed by atoms with Crippen molar-refractivity contribution in [2.24, 2.45) is 0 Å². The highest BCUT2D eigenvalue weighted by molar-refractivity contribution is 6.18. The van der Waals surface area contributed by atoms with E-state index in [2.05, 4.69) is 24.3 Å². The molecule has 0 spiro atoms. The summed E-state index contributed by atoms with van der Waals surface area (Å²) in [4.78, 5) is 0. The van der Waals surface area contributed by atoms with Gasteiger partial charge in [-0.25, -0.2) is 0 Å². The molecule has 1 unspecified atom stereocenters. The first-order valence-electron chi connectivity index (χ1n) is 5.89. The second-order valence-corrected chi connectivity index (χ2v) is 4.73. The number of fused-ring (bicyclic) bond motifs is 3. The molecule has 92 valence electrons. The van der Waals surface area contributed by atoms with Crippen LogP contribution in [0, 0.1) is 0 Å². The van der Waals surface area contributed by atoms with Crippen LogP contribution in [0.3, 0.4) is 0 Å². The van der Waals surface area contributed by atoms with Gasteiger partial charge in [0.15, 0.2) is 0 Å². The van der Waals surface area contributed by atoms with Gasteiger partial charge in [-0.15, -0.1) is 0 Å². The van der Waals surface area contributed by atoms with Crippen molar-refractivity contribution in [2.75, 3.05) is 6.61 Å². The number of hydrogen-bond acceptors (Lipinski definition) is 2. The molecule has 1 atom stereocenters. The van der Waals surface area contributed by atoms with Crippen LogP contribution in [0.4, 0.5) is 0 Å². The molecular formula is C15H13ClO2. The van der Waals surface area contributed by atoms with E-state index < -0.39 is 5.75 Å². The van der Waals surface area contributed by atoms with Gasteiger partial charge in [0.2, 0.25) is 5.75 Å². The Kier molecular flexibility index (Phi) is 3.08. The van der Waals surface area contributed by atoms with Crippen molar-refractivity contribution in [3.63, 3.8) is 0 Å². The van der Waals surface area contributed by atoms with Gasteiger partial charge in [-0.05, 0) is 22.3 Å². The summed E-state index contributed by atoms with van der Waals surface area (Å²) in [5.41, 5.74) is 4.95. The Balaban J connectivity index is 2.03. The van der Waals surface area contributed by atoms with Crippen LogP contribution >= 0.6 is 11.6 Å². The number of rotatable bonds is 3. The maximum atomic E-state index is 9.05. The average molecular weight is 261 g/mol. The van der Waals surface area contributed by atoms with Gasteiger partial charge in [-0.2, -0.15) is 0 Å². The molecule has 18 heavy (non-hydrogen) atoms. The third-order valence-corrected chi connectivity index (χ3v) is 3.49. The molecule has 1 aliphatic rings. The largest absolute Gasteiger partial charge is 0.356 e. The molecule has 0 saturated carbocycles. The van der Waals surface area contributed by atoms with Crippen LogP contribution in [0.15, 0.2) is 48.5 Å². The predicted molar refractivity (Wildman–Crippen MR) is 71.5 cm³/mol. The SMILES string of the molecule is OC(Cl)OCC1c2ccccc2-c2ccccc21. The van der Waals surface area contributed by atoms with E-state index in [1.165, 1.54) is 22.3 Å². The van der Waals surface area contributed by atoms with Crippen molar-refractivity contribution in [1.82, 2.24) is 0 Å².